The van der Waals surface area contributed by atoms with Crippen LogP contribution < -0.4 is 4.72 Å². The summed E-state index contributed by atoms with van der Waals surface area (Å²) < 4.78 is 34.5. The molecule has 0 aromatic heterocycles. The Balaban J connectivity index is 0.00000264. The van der Waals surface area contributed by atoms with E-state index in [0.29, 0.717) is 25.7 Å². The van der Waals surface area contributed by atoms with Crippen molar-refractivity contribution in [3.8, 4) is 0 Å². The predicted octanol–water partition coefficient (Wildman–Crippen LogP) is 1.62. The van der Waals surface area contributed by atoms with E-state index < -0.39 is 10.2 Å². The Morgan fingerprint density at radius 3 is 2.39 bits per heavy atom. The molecule has 0 amide bonds. The van der Waals surface area contributed by atoms with Crippen molar-refractivity contribution in [3.05, 3.63) is 0 Å². The summed E-state index contributed by atoms with van der Waals surface area (Å²) in [7, 11) is -3.38. The Labute approximate surface area is 147 Å². The Hall–Kier alpha value is 0.0800. The third-order valence-electron chi connectivity index (χ3n) is 4.57. The minimum atomic E-state index is -3.38. The summed E-state index contributed by atoms with van der Waals surface area (Å²) in [5.41, 5.74) is 0. The summed E-state index contributed by atoms with van der Waals surface area (Å²) in [5.74, 6) is 0. The molecule has 1 N–H and O–H groups in total. The molecule has 0 radical (unpaired) electrons. The lowest BCUT2D eigenvalue weighted by molar-refractivity contribution is -0.0443. The summed E-state index contributed by atoms with van der Waals surface area (Å²) in [6.45, 7) is 9.58. The second-order valence-electron chi connectivity index (χ2n) is 6.71. The molecule has 0 aromatic carbocycles. The fraction of sp³-hybridized carbons (Fsp3) is 1.00. The van der Waals surface area contributed by atoms with E-state index in [0.717, 1.165) is 19.5 Å². The molecular formula is C15H32ClN3O3S. The number of piperidine rings is 1. The summed E-state index contributed by atoms with van der Waals surface area (Å²) >= 11 is 0. The Morgan fingerprint density at radius 1 is 1.13 bits per heavy atom. The molecule has 8 heteroatoms. The number of nitrogens with one attached hydrogen (secondary N) is 1. The van der Waals surface area contributed by atoms with Gasteiger partial charge >= 0.3 is 0 Å². The van der Waals surface area contributed by atoms with Gasteiger partial charge in [-0.25, -0.2) is 4.72 Å². The van der Waals surface area contributed by atoms with Gasteiger partial charge in [0.15, 0.2) is 0 Å². The average Bonchev–Trinajstić information content (AvgIpc) is 2.44. The first kappa shape index (κ1) is 21.1. The highest BCUT2D eigenvalue weighted by molar-refractivity contribution is 7.87. The van der Waals surface area contributed by atoms with Crippen LogP contribution in [0.15, 0.2) is 0 Å². The molecule has 0 saturated carbocycles. The van der Waals surface area contributed by atoms with Crippen LogP contribution in [0.2, 0.25) is 0 Å². The van der Waals surface area contributed by atoms with Crippen LogP contribution in [-0.4, -0.2) is 68.6 Å². The van der Waals surface area contributed by atoms with E-state index >= 15 is 0 Å². The molecule has 2 aliphatic heterocycles. The Kier molecular flexibility index (Phi) is 8.76. The van der Waals surface area contributed by atoms with E-state index in [4.69, 9.17) is 4.74 Å². The van der Waals surface area contributed by atoms with Crippen LogP contribution in [0, 0.1) is 0 Å². The van der Waals surface area contributed by atoms with Crippen LogP contribution in [0.1, 0.15) is 46.5 Å². The molecule has 23 heavy (non-hydrogen) atoms. The zero-order valence-electron chi connectivity index (χ0n) is 14.5. The molecule has 2 heterocycles. The van der Waals surface area contributed by atoms with E-state index in [2.05, 4.69) is 16.5 Å². The maximum Gasteiger partial charge on any atom is 0.279 e. The van der Waals surface area contributed by atoms with Crippen LogP contribution in [-0.2, 0) is 14.9 Å². The summed E-state index contributed by atoms with van der Waals surface area (Å²) in [6, 6.07) is 0.631. The monoisotopic (exact) mass is 369 g/mol. The van der Waals surface area contributed by atoms with Crippen molar-refractivity contribution in [2.24, 2.45) is 0 Å². The lowest BCUT2D eigenvalue weighted by Gasteiger charge is -2.35. The standard InChI is InChI=1S/C15H31N3O3S.ClH/c1-13-7-4-5-9-17(13)10-6-8-16-22(19,20)18-11-14(2)21-15(3)12-18;/h13-16H,4-12H2,1-3H3;1H. The summed E-state index contributed by atoms with van der Waals surface area (Å²) in [5, 5.41) is 0. The molecular weight excluding hydrogens is 338 g/mol. The van der Waals surface area contributed by atoms with E-state index in [1.165, 1.54) is 23.6 Å². The highest BCUT2D eigenvalue weighted by atomic mass is 35.5. The number of morpholine rings is 1. The minimum absolute atomic E-state index is 0. The van der Waals surface area contributed by atoms with Gasteiger partial charge in [0.05, 0.1) is 12.2 Å². The largest absolute Gasteiger partial charge is 0.373 e. The van der Waals surface area contributed by atoms with Crippen molar-refractivity contribution in [2.75, 3.05) is 32.7 Å². The Bertz CT molecular complexity index is 439. The normalized spacial score (nSPS) is 30.8. The first-order valence-electron chi connectivity index (χ1n) is 8.52. The molecule has 3 unspecified atom stereocenters. The van der Waals surface area contributed by atoms with Gasteiger partial charge in [-0.1, -0.05) is 6.42 Å². The molecule has 0 aliphatic carbocycles. The summed E-state index contributed by atoms with van der Waals surface area (Å²) in [6.07, 6.45) is 4.61. The van der Waals surface area contributed by atoms with Crippen LogP contribution in [0.5, 0.6) is 0 Å². The molecule has 138 valence electrons. The SMILES string of the molecule is CC1CN(S(=O)(=O)NCCCN2CCCCC2C)CC(C)O1.Cl. The molecule has 2 rings (SSSR count). The van der Waals surface area contributed by atoms with Gasteiger partial charge in [0.1, 0.15) is 0 Å². The van der Waals surface area contributed by atoms with E-state index in [1.54, 1.807) is 0 Å². The van der Waals surface area contributed by atoms with Crippen LogP contribution in [0.3, 0.4) is 0 Å². The molecule has 3 atom stereocenters. The first-order valence-corrected chi connectivity index (χ1v) is 9.96. The van der Waals surface area contributed by atoms with E-state index in [1.807, 2.05) is 13.8 Å². The van der Waals surface area contributed by atoms with Crippen molar-refractivity contribution in [1.29, 1.82) is 0 Å². The Morgan fingerprint density at radius 2 is 1.78 bits per heavy atom. The maximum absolute atomic E-state index is 12.3. The zero-order valence-corrected chi connectivity index (χ0v) is 16.2. The number of hydrogen-bond acceptors (Lipinski definition) is 4. The molecule has 2 saturated heterocycles. The summed E-state index contributed by atoms with van der Waals surface area (Å²) in [4.78, 5) is 2.47. The second-order valence-corrected chi connectivity index (χ2v) is 8.46. The van der Waals surface area contributed by atoms with Gasteiger partial charge < -0.3 is 9.64 Å². The van der Waals surface area contributed by atoms with Gasteiger partial charge in [0.2, 0.25) is 0 Å². The molecule has 2 fully saturated rings. The smallest absolute Gasteiger partial charge is 0.279 e. The first-order chi connectivity index (χ1) is 10.4. The van der Waals surface area contributed by atoms with Gasteiger partial charge in [0, 0.05) is 25.7 Å². The molecule has 0 aromatic rings. The van der Waals surface area contributed by atoms with E-state index in [-0.39, 0.29) is 24.6 Å². The third kappa shape index (κ3) is 6.48. The lowest BCUT2D eigenvalue weighted by atomic mass is 10.0. The highest BCUT2D eigenvalue weighted by Crippen LogP contribution is 2.16. The van der Waals surface area contributed by atoms with Crippen molar-refractivity contribution >= 4 is 22.6 Å². The molecule has 2 aliphatic rings. The number of ether oxygens (including phenoxy) is 1. The number of rotatable bonds is 6. The van der Waals surface area contributed by atoms with Gasteiger partial charge in [-0.05, 0) is 53.1 Å². The van der Waals surface area contributed by atoms with Crippen LogP contribution in [0.25, 0.3) is 0 Å². The minimum Gasteiger partial charge on any atom is -0.373 e. The zero-order chi connectivity index (χ0) is 16.2. The topological polar surface area (TPSA) is 61.9 Å². The number of halogens is 1. The van der Waals surface area contributed by atoms with Crippen molar-refractivity contribution in [2.45, 2.75) is 64.7 Å². The maximum atomic E-state index is 12.3. The van der Waals surface area contributed by atoms with Gasteiger partial charge in [-0.3, -0.25) is 0 Å². The van der Waals surface area contributed by atoms with E-state index in [9.17, 15) is 8.42 Å². The average molecular weight is 370 g/mol. The van der Waals surface area contributed by atoms with Gasteiger partial charge in [0.25, 0.3) is 10.2 Å². The molecule has 6 nitrogen and oxygen atoms in total. The van der Waals surface area contributed by atoms with Crippen LogP contribution in [0.4, 0.5) is 0 Å². The third-order valence-corrected chi connectivity index (χ3v) is 6.12. The fourth-order valence-electron chi connectivity index (χ4n) is 3.39. The number of hydrogen-bond donors (Lipinski definition) is 1. The van der Waals surface area contributed by atoms with Gasteiger partial charge in [-0.2, -0.15) is 12.7 Å². The fourth-order valence-corrected chi connectivity index (χ4v) is 4.79. The highest BCUT2D eigenvalue weighted by Gasteiger charge is 2.30. The van der Waals surface area contributed by atoms with Crippen molar-refractivity contribution in [1.82, 2.24) is 13.9 Å². The predicted molar refractivity (Wildman–Crippen MR) is 95.3 cm³/mol. The number of nitrogens with zero attached hydrogens (tertiary/aromatic N) is 2. The quantitative estimate of drug-likeness (QED) is 0.722. The van der Waals surface area contributed by atoms with Crippen LogP contribution >= 0.6 is 12.4 Å². The lowest BCUT2D eigenvalue weighted by Crippen LogP contribution is -2.52. The molecule has 0 spiro atoms. The number of likely N-dealkylation sites (tertiary alicyclic amines) is 1. The molecule has 0 bridgehead atoms. The van der Waals surface area contributed by atoms with Crippen molar-refractivity contribution in [3.63, 3.8) is 0 Å². The second kappa shape index (κ2) is 9.53. The van der Waals surface area contributed by atoms with Gasteiger partial charge in [-0.15, -0.1) is 12.4 Å². The van der Waals surface area contributed by atoms with Crippen molar-refractivity contribution < 1.29 is 13.2 Å².